The molecule has 2 heterocycles. The summed E-state index contributed by atoms with van der Waals surface area (Å²) < 4.78 is 52.7. The summed E-state index contributed by atoms with van der Waals surface area (Å²) in [6.07, 6.45) is -4.57. The van der Waals surface area contributed by atoms with E-state index >= 15 is 0 Å². The van der Waals surface area contributed by atoms with Gasteiger partial charge in [-0.2, -0.15) is 13.2 Å². The quantitative estimate of drug-likeness (QED) is 0.381. The van der Waals surface area contributed by atoms with Crippen LogP contribution in [-0.2, 0) is 11.0 Å². The van der Waals surface area contributed by atoms with Crippen molar-refractivity contribution in [3.8, 4) is 11.5 Å². The van der Waals surface area contributed by atoms with Crippen molar-refractivity contribution in [1.29, 1.82) is 0 Å². The van der Waals surface area contributed by atoms with E-state index in [2.05, 4.69) is 10.6 Å². The monoisotopic (exact) mass is 547 g/mol. The van der Waals surface area contributed by atoms with Gasteiger partial charge in [-0.1, -0.05) is 29.8 Å². The number of fused-ring (bicyclic) bond motifs is 4. The smallest absolute Gasteiger partial charge is 0.416 e. The normalized spacial score (nSPS) is 22.4. The zero-order valence-electron chi connectivity index (χ0n) is 19.6. The molecule has 11 heteroatoms. The van der Waals surface area contributed by atoms with Crippen LogP contribution in [0.1, 0.15) is 24.1 Å². The molecule has 192 valence electrons. The highest BCUT2D eigenvalue weighted by Crippen LogP contribution is 2.52. The molecule has 1 saturated heterocycles. The molecule has 0 radical (unpaired) electrons. The molecule has 5 rings (SSSR count). The average Bonchev–Trinajstić information content (AvgIpc) is 2.84. The van der Waals surface area contributed by atoms with Crippen LogP contribution in [0.15, 0.2) is 66.7 Å². The van der Waals surface area contributed by atoms with E-state index in [1.54, 1.807) is 49.4 Å². The Hall–Kier alpha value is -3.50. The van der Waals surface area contributed by atoms with Crippen molar-refractivity contribution >= 4 is 46.2 Å². The van der Waals surface area contributed by atoms with Crippen LogP contribution < -0.4 is 25.0 Å². The number of halogens is 4. The first-order valence-electron chi connectivity index (χ1n) is 11.2. The molecule has 2 bridgehead atoms. The molecule has 6 nitrogen and oxygen atoms in total. The van der Waals surface area contributed by atoms with E-state index in [0.717, 1.165) is 12.1 Å². The van der Waals surface area contributed by atoms with Crippen molar-refractivity contribution in [2.75, 3.05) is 17.3 Å². The highest BCUT2D eigenvalue weighted by atomic mass is 35.5. The van der Waals surface area contributed by atoms with Crippen LogP contribution in [0.3, 0.4) is 0 Å². The Kier molecular flexibility index (Phi) is 6.19. The van der Waals surface area contributed by atoms with Gasteiger partial charge in [0.15, 0.2) is 22.3 Å². The summed E-state index contributed by atoms with van der Waals surface area (Å²) in [6.45, 7) is 1.63. The van der Waals surface area contributed by atoms with Crippen molar-refractivity contribution in [2.45, 2.75) is 24.9 Å². The predicted molar refractivity (Wildman–Crippen MR) is 138 cm³/mol. The Morgan fingerprint density at radius 3 is 2.54 bits per heavy atom. The van der Waals surface area contributed by atoms with Crippen molar-refractivity contribution < 1.29 is 27.4 Å². The summed E-state index contributed by atoms with van der Waals surface area (Å²) in [5, 5.41) is 6.67. The zero-order chi connectivity index (χ0) is 26.5. The number of thiocarbonyl (C=S) groups is 1. The first-order chi connectivity index (χ1) is 17.5. The lowest BCUT2D eigenvalue weighted by Gasteiger charge is -2.56. The molecule has 2 aliphatic rings. The van der Waals surface area contributed by atoms with Crippen molar-refractivity contribution in [3.63, 3.8) is 0 Å². The lowest BCUT2D eigenvalue weighted by atomic mass is 9.78. The summed E-state index contributed by atoms with van der Waals surface area (Å²) in [6, 6.07) is 15.9. The lowest BCUT2D eigenvalue weighted by molar-refractivity contribution is -0.137. The lowest BCUT2D eigenvalue weighted by Crippen LogP contribution is -2.72. The maximum Gasteiger partial charge on any atom is 0.416 e. The minimum atomic E-state index is -4.57. The third kappa shape index (κ3) is 4.34. The van der Waals surface area contributed by atoms with Crippen molar-refractivity contribution in [2.24, 2.45) is 5.92 Å². The van der Waals surface area contributed by atoms with Gasteiger partial charge in [0.25, 0.3) is 0 Å². The van der Waals surface area contributed by atoms with Gasteiger partial charge in [-0.15, -0.1) is 0 Å². The summed E-state index contributed by atoms with van der Waals surface area (Å²) in [5.74, 6) is -0.566. The molecular weight excluding hydrogens is 527 g/mol. The van der Waals surface area contributed by atoms with E-state index in [0.29, 0.717) is 27.8 Å². The molecule has 0 saturated carbocycles. The number of amides is 1. The van der Waals surface area contributed by atoms with Gasteiger partial charge in [-0.05, 0) is 67.7 Å². The number of carbonyl (C=O) groups excluding carboxylic acids is 1. The van der Waals surface area contributed by atoms with E-state index in [9.17, 15) is 18.0 Å². The Bertz CT molecular complexity index is 1390. The highest BCUT2D eigenvalue weighted by molar-refractivity contribution is 7.80. The fourth-order valence-corrected chi connectivity index (χ4v) is 5.43. The van der Waals surface area contributed by atoms with Gasteiger partial charge in [0.1, 0.15) is 5.92 Å². The van der Waals surface area contributed by atoms with Gasteiger partial charge < -0.3 is 20.1 Å². The Labute approximate surface area is 221 Å². The number of carbonyl (C=O) groups is 1. The van der Waals surface area contributed by atoms with Crippen LogP contribution in [0.4, 0.5) is 24.5 Å². The van der Waals surface area contributed by atoms with Crippen LogP contribution in [0.2, 0.25) is 5.02 Å². The number of alkyl halides is 3. The van der Waals surface area contributed by atoms with E-state index in [1.807, 2.05) is 0 Å². The number of para-hydroxylation sites is 1. The number of rotatable bonds is 4. The number of hydrogen-bond acceptors (Lipinski definition) is 4. The number of benzene rings is 3. The molecule has 0 unspecified atom stereocenters. The zero-order valence-corrected chi connectivity index (χ0v) is 21.2. The third-order valence-electron chi connectivity index (χ3n) is 6.54. The van der Waals surface area contributed by atoms with Crippen LogP contribution in [0.25, 0.3) is 0 Å². The second-order valence-electron chi connectivity index (χ2n) is 8.82. The summed E-state index contributed by atoms with van der Waals surface area (Å²) in [4.78, 5) is 15.2. The summed E-state index contributed by atoms with van der Waals surface area (Å²) in [5.41, 5.74) is -1.11. The van der Waals surface area contributed by atoms with Gasteiger partial charge >= 0.3 is 6.18 Å². The largest absolute Gasteiger partial charge is 0.493 e. The Morgan fingerprint density at radius 1 is 1.16 bits per heavy atom. The van der Waals surface area contributed by atoms with E-state index in [4.69, 9.17) is 33.3 Å². The molecule has 2 N–H and O–H groups in total. The number of hydrogen-bond donors (Lipinski definition) is 2. The van der Waals surface area contributed by atoms with Gasteiger partial charge in [0.2, 0.25) is 5.91 Å². The first kappa shape index (κ1) is 25.2. The molecule has 3 atom stereocenters. The first-order valence-corrected chi connectivity index (χ1v) is 12.0. The molecule has 1 amide bonds. The molecule has 3 aromatic carbocycles. The third-order valence-corrected chi connectivity index (χ3v) is 7.09. The summed E-state index contributed by atoms with van der Waals surface area (Å²) in [7, 11) is 1.49. The minimum absolute atomic E-state index is 0.121. The molecular formula is C26H21ClF3N3O3S. The molecule has 0 aromatic heterocycles. The topological polar surface area (TPSA) is 62.8 Å². The maximum atomic E-state index is 13.8. The highest BCUT2D eigenvalue weighted by Gasteiger charge is 2.59. The Balaban J connectivity index is 1.65. The SMILES string of the molecule is COc1cccc2c1O[C@@]1(C)[C@@H](C(=O)Nc3ccc(Cl)cc3)[C@@H]2NC(=S)N1c1cccc(C(F)(F)F)c1. The minimum Gasteiger partial charge on any atom is -0.493 e. The molecule has 3 aromatic rings. The average molecular weight is 548 g/mol. The Morgan fingerprint density at radius 2 is 1.86 bits per heavy atom. The van der Waals surface area contributed by atoms with Crippen LogP contribution in [-0.4, -0.2) is 23.9 Å². The number of nitrogens with zero attached hydrogens (tertiary/aromatic N) is 1. The predicted octanol–water partition coefficient (Wildman–Crippen LogP) is 6.17. The molecule has 0 aliphatic carbocycles. The number of ether oxygens (including phenoxy) is 2. The van der Waals surface area contributed by atoms with Gasteiger partial charge in [-0.25, -0.2) is 0 Å². The van der Waals surface area contributed by atoms with Crippen molar-refractivity contribution in [1.82, 2.24) is 5.32 Å². The summed E-state index contributed by atoms with van der Waals surface area (Å²) >= 11 is 11.6. The van der Waals surface area contributed by atoms with Crippen LogP contribution >= 0.6 is 23.8 Å². The van der Waals surface area contributed by atoms with Gasteiger partial charge in [0, 0.05) is 22.0 Å². The van der Waals surface area contributed by atoms with E-state index in [1.165, 1.54) is 24.1 Å². The maximum absolute atomic E-state index is 13.8. The van der Waals surface area contributed by atoms with Gasteiger partial charge in [0.05, 0.1) is 18.7 Å². The molecule has 37 heavy (non-hydrogen) atoms. The number of anilines is 2. The van der Waals surface area contributed by atoms with Crippen molar-refractivity contribution in [3.05, 3.63) is 82.9 Å². The molecule has 1 fully saturated rings. The van der Waals surface area contributed by atoms with E-state index < -0.39 is 35.3 Å². The molecule has 0 spiro atoms. The second-order valence-corrected chi connectivity index (χ2v) is 9.64. The number of nitrogens with one attached hydrogen (secondary N) is 2. The van der Waals surface area contributed by atoms with Crippen LogP contribution in [0.5, 0.6) is 11.5 Å². The fourth-order valence-electron chi connectivity index (χ4n) is 4.89. The standard InChI is InChI=1S/C26H21ClF3N3O3S/c1-25-20(23(34)31-16-11-9-15(27)10-12-16)21(18-7-4-8-19(35-2)22(18)36-25)32-24(37)33(25)17-6-3-5-14(13-17)26(28,29)30/h3-13,20-21H,1-2H3,(H,31,34)(H,32,37)/t20-,21-,25+/m1/s1. The number of methoxy groups -OCH3 is 1. The van der Waals surface area contributed by atoms with Crippen LogP contribution in [0, 0.1) is 5.92 Å². The van der Waals surface area contributed by atoms with E-state index in [-0.39, 0.29) is 10.8 Å². The second kappa shape index (κ2) is 9.11. The van der Waals surface area contributed by atoms with Gasteiger partial charge in [-0.3, -0.25) is 9.69 Å². The fraction of sp³-hybridized carbons (Fsp3) is 0.231. The molecule has 2 aliphatic heterocycles.